The Morgan fingerprint density at radius 2 is 1.90 bits per heavy atom. The molecule has 0 unspecified atom stereocenters. The quantitative estimate of drug-likeness (QED) is 0.448. The average molecular weight is 144 g/mol. The van der Waals surface area contributed by atoms with Crippen LogP contribution in [0.15, 0.2) is 0 Å². The third kappa shape index (κ3) is 1.36. The standard InChI is InChI=1S/C7H14NO2/c1-7(9)8(2)3-5-10-6-4-8/h3-6H2,1-2H3/q+1. The number of quaternary nitrogens is 1. The number of hydrogen-bond acceptors (Lipinski definition) is 2. The molecule has 0 bridgehead atoms. The molecule has 1 saturated heterocycles. The minimum absolute atomic E-state index is 0.239. The van der Waals surface area contributed by atoms with Crippen LogP contribution in [0.25, 0.3) is 0 Å². The van der Waals surface area contributed by atoms with Crippen molar-refractivity contribution >= 4 is 5.91 Å². The third-order valence-corrected chi connectivity index (χ3v) is 2.22. The van der Waals surface area contributed by atoms with E-state index in [4.69, 9.17) is 4.74 Å². The summed E-state index contributed by atoms with van der Waals surface area (Å²) in [6.07, 6.45) is 0. The third-order valence-electron chi connectivity index (χ3n) is 2.22. The number of carbonyl (C=O) groups is 1. The number of amides is 1. The van der Waals surface area contributed by atoms with Crippen LogP contribution in [0.2, 0.25) is 0 Å². The van der Waals surface area contributed by atoms with E-state index in [1.165, 1.54) is 0 Å². The van der Waals surface area contributed by atoms with Crippen LogP contribution in [0.5, 0.6) is 0 Å². The number of morpholine rings is 1. The van der Waals surface area contributed by atoms with Gasteiger partial charge in [-0.05, 0) is 0 Å². The molecule has 1 fully saturated rings. The Kier molecular flexibility index (Phi) is 2.06. The van der Waals surface area contributed by atoms with Gasteiger partial charge in [-0.2, -0.15) is 0 Å². The highest BCUT2D eigenvalue weighted by atomic mass is 16.5. The Morgan fingerprint density at radius 1 is 1.40 bits per heavy atom. The van der Waals surface area contributed by atoms with Gasteiger partial charge < -0.3 is 4.74 Å². The maximum atomic E-state index is 11.0. The van der Waals surface area contributed by atoms with Crippen LogP contribution in [0.4, 0.5) is 0 Å². The van der Waals surface area contributed by atoms with Gasteiger partial charge in [0.1, 0.15) is 13.1 Å². The van der Waals surface area contributed by atoms with Crippen LogP contribution >= 0.6 is 0 Å². The van der Waals surface area contributed by atoms with E-state index in [-0.39, 0.29) is 5.91 Å². The Balaban J connectivity index is 2.56. The molecule has 10 heavy (non-hydrogen) atoms. The second kappa shape index (κ2) is 2.68. The number of hydrogen-bond donors (Lipinski definition) is 0. The first-order valence-electron chi connectivity index (χ1n) is 3.58. The highest BCUT2D eigenvalue weighted by molar-refractivity contribution is 5.65. The van der Waals surface area contributed by atoms with Crippen LogP contribution in [0.3, 0.4) is 0 Å². The lowest BCUT2D eigenvalue weighted by Crippen LogP contribution is -2.54. The Hall–Kier alpha value is -0.410. The second-order valence-corrected chi connectivity index (χ2v) is 2.97. The SMILES string of the molecule is CC(=O)[N+]1(C)CCOCC1. The molecule has 0 saturated carbocycles. The number of likely N-dealkylation sites (N-methyl/N-ethyl adjacent to an activating group) is 1. The molecule has 0 N–H and O–H groups in total. The lowest BCUT2D eigenvalue weighted by molar-refractivity contribution is -0.842. The molecule has 1 amide bonds. The van der Waals surface area contributed by atoms with E-state index >= 15 is 0 Å². The minimum Gasteiger partial charge on any atom is -0.370 e. The summed E-state index contributed by atoms with van der Waals surface area (Å²) in [4.78, 5) is 11.0. The van der Waals surface area contributed by atoms with Crippen molar-refractivity contribution in [3.05, 3.63) is 0 Å². The van der Waals surface area contributed by atoms with Crippen LogP contribution in [-0.4, -0.2) is 43.7 Å². The van der Waals surface area contributed by atoms with Crippen molar-refractivity contribution in [3.8, 4) is 0 Å². The fourth-order valence-corrected chi connectivity index (χ4v) is 1.06. The zero-order chi connectivity index (χ0) is 7.61. The second-order valence-electron chi connectivity index (χ2n) is 2.97. The van der Waals surface area contributed by atoms with Gasteiger partial charge in [-0.25, -0.2) is 4.79 Å². The van der Waals surface area contributed by atoms with Crippen LogP contribution in [-0.2, 0) is 9.53 Å². The van der Waals surface area contributed by atoms with E-state index in [9.17, 15) is 4.79 Å². The van der Waals surface area contributed by atoms with Crippen LogP contribution in [0.1, 0.15) is 6.92 Å². The van der Waals surface area contributed by atoms with Crippen molar-refractivity contribution in [2.24, 2.45) is 0 Å². The molecular formula is C7H14NO2+. The summed E-state index contributed by atoms with van der Waals surface area (Å²) in [6.45, 7) is 4.74. The number of carbonyl (C=O) groups excluding carboxylic acids is 1. The highest BCUT2D eigenvalue weighted by Crippen LogP contribution is 2.06. The number of nitrogens with zero attached hydrogens (tertiary/aromatic N) is 1. The summed E-state index contributed by atoms with van der Waals surface area (Å²) >= 11 is 0. The molecule has 0 spiro atoms. The maximum absolute atomic E-state index is 11.0. The smallest absolute Gasteiger partial charge is 0.310 e. The molecule has 1 aliphatic heterocycles. The molecule has 58 valence electrons. The topological polar surface area (TPSA) is 26.3 Å². The van der Waals surface area contributed by atoms with Crippen LogP contribution in [0, 0.1) is 0 Å². The van der Waals surface area contributed by atoms with E-state index in [0.717, 1.165) is 26.3 Å². The maximum Gasteiger partial charge on any atom is 0.310 e. The van der Waals surface area contributed by atoms with Gasteiger partial charge in [0.15, 0.2) is 0 Å². The predicted octanol–water partition coefficient (Wildman–Crippen LogP) is 0.00970. The fourth-order valence-electron chi connectivity index (χ4n) is 1.06. The molecule has 0 aromatic carbocycles. The van der Waals surface area contributed by atoms with Gasteiger partial charge in [0.2, 0.25) is 0 Å². The van der Waals surface area contributed by atoms with E-state index in [1.807, 2.05) is 7.05 Å². The lowest BCUT2D eigenvalue weighted by Gasteiger charge is -2.33. The first-order valence-corrected chi connectivity index (χ1v) is 3.58. The van der Waals surface area contributed by atoms with E-state index in [2.05, 4.69) is 0 Å². The average Bonchev–Trinajstić information content (AvgIpc) is 1.89. The van der Waals surface area contributed by atoms with Crippen molar-refractivity contribution in [3.63, 3.8) is 0 Å². The highest BCUT2D eigenvalue weighted by Gasteiger charge is 2.29. The van der Waals surface area contributed by atoms with E-state index in [0.29, 0.717) is 4.48 Å². The van der Waals surface area contributed by atoms with Crippen molar-refractivity contribution in [2.75, 3.05) is 33.4 Å². The van der Waals surface area contributed by atoms with Gasteiger partial charge in [-0.3, -0.25) is 4.48 Å². The van der Waals surface area contributed by atoms with Gasteiger partial charge in [0, 0.05) is 0 Å². The Labute approximate surface area is 61.2 Å². The predicted molar refractivity (Wildman–Crippen MR) is 37.4 cm³/mol. The van der Waals surface area contributed by atoms with Gasteiger partial charge in [-0.15, -0.1) is 0 Å². The van der Waals surface area contributed by atoms with Gasteiger partial charge in [0.25, 0.3) is 0 Å². The summed E-state index contributed by atoms with van der Waals surface area (Å²) < 4.78 is 5.69. The van der Waals surface area contributed by atoms with E-state index in [1.54, 1.807) is 6.92 Å². The number of rotatable bonds is 0. The molecule has 1 aliphatic rings. The van der Waals surface area contributed by atoms with Crippen molar-refractivity contribution < 1.29 is 14.0 Å². The normalized spacial score (nSPS) is 24.2. The van der Waals surface area contributed by atoms with Crippen molar-refractivity contribution in [1.82, 2.24) is 0 Å². The van der Waals surface area contributed by atoms with Crippen molar-refractivity contribution in [1.29, 1.82) is 0 Å². The first kappa shape index (κ1) is 7.69. The van der Waals surface area contributed by atoms with Gasteiger partial charge in [-0.1, -0.05) is 0 Å². The molecule has 1 heterocycles. The first-order chi connectivity index (χ1) is 4.65. The molecule has 3 nitrogen and oxygen atoms in total. The van der Waals surface area contributed by atoms with E-state index < -0.39 is 0 Å². The number of ether oxygens (including phenoxy) is 1. The molecule has 0 radical (unpaired) electrons. The summed E-state index contributed by atoms with van der Waals surface area (Å²) in [5.41, 5.74) is 0. The van der Waals surface area contributed by atoms with Gasteiger partial charge in [0.05, 0.1) is 27.2 Å². The fraction of sp³-hybridized carbons (Fsp3) is 0.857. The molecule has 1 rings (SSSR count). The molecule has 0 aromatic rings. The Bertz CT molecular complexity index is 139. The molecule has 3 heteroatoms. The zero-order valence-electron chi connectivity index (χ0n) is 6.59. The monoisotopic (exact) mass is 144 g/mol. The summed E-state index contributed by atoms with van der Waals surface area (Å²) in [7, 11) is 1.96. The summed E-state index contributed by atoms with van der Waals surface area (Å²) in [5, 5.41) is 0. The molecular weight excluding hydrogens is 130 g/mol. The molecule has 0 aliphatic carbocycles. The lowest BCUT2D eigenvalue weighted by atomic mass is 10.3. The van der Waals surface area contributed by atoms with Crippen LogP contribution < -0.4 is 0 Å². The Morgan fingerprint density at radius 3 is 2.20 bits per heavy atom. The van der Waals surface area contributed by atoms with Crippen molar-refractivity contribution in [2.45, 2.75) is 6.92 Å². The summed E-state index contributed by atoms with van der Waals surface area (Å²) in [5.74, 6) is 0.239. The molecule has 0 aromatic heterocycles. The molecule has 0 atom stereocenters. The van der Waals surface area contributed by atoms with Gasteiger partial charge >= 0.3 is 5.91 Å². The summed E-state index contributed by atoms with van der Waals surface area (Å²) in [6, 6.07) is 0. The zero-order valence-corrected chi connectivity index (χ0v) is 6.59. The largest absolute Gasteiger partial charge is 0.370 e. The minimum atomic E-state index is 0.239.